The lowest BCUT2D eigenvalue weighted by Gasteiger charge is -2.69. The second-order valence-corrected chi connectivity index (χ2v) is 11.6. The van der Waals surface area contributed by atoms with Crippen LogP contribution in [0.4, 0.5) is 0 Å². The molecular formula is C24H40N2O4. The van der Waals surface area contributed by atoms with Crippen molar-refractivity contribution < 1.29 is 19.3 Å². The van der Waals surface area contributed by atoms with E-state index < -0.39 is 0 Å². The molecule has 1 saturated heterocycles. The zero-order valence-electron chi connectivity index (χ0n) is 19.0. The zero-order valence-corrected chi connectivity index (χ0v) is 19.0. The minimum Gasteiger partial charge on any atom is -0.392 e. The van der Waals surface area contributed by atoms with E-state index in [4.69, 9.17) is 19.9 Å². The van der Waals surface area contributed by atoms with Gasteiger partial charge in [-0.3, -0.25) is 4.90 Å². The van der Waals surface area contributed by atoms with E-state index in [1.807, 2.05) is 14.2 Å². The highest BCUT2D eigenvalue weighted by molar-refractivity contribution is 5.34. The largest absolute Gasteiger partial charge is 0.392 e. The fourth-order valence-corrected chi connectivity index (χ4v) is 10.8. The molecule has 0 aromatic carbocycles. The number of ether oxygens (including phenoxy) is 3. The number of nitrogens with zero attached hydrogens (tertiary/aromatic N) is 1. The number of rotatable bonds is 5. The van der Waals surface area contributed by atoms with Gasteiger partial charge in [-0.15, -0.1) is 0 Å². The van der Waals surface area contributed by atoms with Gasteiger partial charge in [0.1, 0.15) is 0 Å². The van der Waals surface area contributed by atoms with Crippen LogP contribution in [0.25, 0.3) is 0 Å². The van der Waals surface area contributed by atoms with Gasteiger partial charge in [0.15, 0.2) is 0 Å². The van der Waals surface area contributed by atoms with Crippen LogP contribution in [0.15, 0.2) is 0 Å². The van der Waals surface area contributed by atoms with Crippen LogP contribution in [0.3, 0.4) is 0 Å². The molecule has 1 aliphatic heterocycles. The fraction of sp³-hybridized carbons (Fsp3) is 1.00. The van der Waals surface area contributed by atoms with E-state index in [2.05, 4.69) is 11.8 Å². The topological polar surface area (TPSA) is 77.2 Å². The number of hydrogen-bond acceptors (Lipinski definition) is 6. The van der Waals surface area contributed by atoms with Gasteiger partial charge in [0.25, 0.3) is 0 Å². The molecule has 3 N–H and O–H groups in total. The maximum Gasteiger partial charge on any atom is 0.0648 e. The average molecular weight is 421 g/mol. The highest BCUT2D eigenvalue weighted by Gasteiger charge is 2.83. The second kappa shape index (κ2) is 6.42. The van der Waals surface area contributed by atoms with Crippen LogP contribution in [-0.4, -0.2) is 80.9 Å². The maximum atomic E-state index is 11.5. The maximum absolute atomic E-state index is 11.5. The third-order valence-corrected chi connectivity index (χ3v) is 11.3. The Balaban J connectivity index is 1.58. The lowest BCUT2D eigenvalue weighted by Crippen LogP contribution is -2.78. The first-order valence-corrected chi connectivity index (χ1v) is 12.2. The number of hydrogen-bond donors (Lipinski definition) is 2. The summed E-state index contributed by atoms with van der Waals surface area (Å²) < 4.78 is 18.2. The number of aliphatic hydroxyl groups excluding tert-OH is 1. The summed E-state index contributed by atoms with van der Waals surface area (Å²) in [4.78, 5) is 2.75. The minimum absolute atomic E-state index is 0.0743. The average Bonchev–Trinajstić information content (AvgIpc) is 3.15. The quantitative estimate of drug-likeness (QED) is 0.702. The molecule has 6 nitrogen and oxygen atoms in total. The van der Waals surface area contributed by atoms with E-state index in [1.165, 1.54) is 6.42 Å². The van der Waals surface area contributed by atoms with Crippen LogP contribution < -0.4 is 5.73 Å². The first-order chi connectivity index (χ1) is 14.4. The van der Waals surface area contributed by atoms with E-state index in [9.17, 15) is 5.11 Å². The molecule has 7 bridgehead atoms. The zero-order chi connectivity index (χ0) is 21.1. The van der Waals surface area contributed by atoms with Gasteiger partial charge in [-0.05, 0) is 56.4 Å². The highest BCUT2D eigenvalue weighted by Crippen LogP contribution is 2.78. The Morgan fingerprint density at radius 2 is 1.93 bits per heavy atom. The molecule has 0 radical (unpaired) electrons. The van der Waals surface area contributed by atoms with E-state index in [0.29, 0.717) is 23.8 Å². The molecule has 1 unspecified atom stereocenters. The Morgan fingerprint density at radius 3 is 2.60 bits per heavy atom. The highest BCUT2D eigenvalue weighted by atomic mass is 16.5. The number of aliphatic hydroxyl groups is 1. The normalized spacial score (nSPS) is 60.8. The van der Waals surface area contributed by atoms with Crippen molar-refractivity contribution >= 4 is 0 Å². The molecule has 0 aromatic heterocycles. The lowest BCUT2D eigenvalue weighted by molar-refractivity contribution is -0.250. The van der Waals surface area contributed by atoms with Gasteiger partial charge in [-0.25, -0.2) is 0 Å². The Labute approximate surface area is 180 Å². The van der Waals surface area contributed by atoms with Crippen molar-refractivity contribution in [2.24, 2.45) is 46.2 Å². The summed E-state index contributed by atoms with van der Waals surface area (Å²) in [5, 5.41) is 11.5. The van der Waals surface area contributed by atoms with Gasteiger partial charge < -0.3 is 25.1 Å². The van der Waals surface area contributed by atoms with Gasteiger partial charge >= 0.3 is 0 Å². The van der Waals surface area contributed by atoms with Crippen molar-refractivity contribution in [3.05, 3.63) is 0 Å². The molecule has 6 rings (SSSR count). The number of piperidine rings is 1. The predicted molar refractivity (Wildman–Crippen MR) is 113 cm³/mol. The Kier molecular flexibility index (Phi) is 4.36. The summed E-state index contributed by atoms with van der Waals surface area (Å²) in [6.45, 7) is 5.30. The van der Waals surface area contributed by atoms with Crippen LogP contribution in [0.2, 0.25) is 0 Å². The SMILES string of the molecule is CCN1C[C@]2(COC)CC[C@H](OC)[C@]34C1[C@H](C[C@H]23)[C@@]1(N)C[C@H](OC)[C@H]2C[C@@H]4[C@@H]1[C@H]2O. The molecule has 5 aliphatic carbocycles. The van der Waals surface area contributed by atoms with Gasteiger partial charge in [0.2, 0.25) is 0 Å². The van der Waals surface area contributed by atoms with Crippen LogP contribution in [0.5, 0.6) is 0 Å². The molecule has 0 amide bonds. The van der Waals surface area contributed by atoms with Crippen molar-refractivity contribution in [3.63, 3.8) is 0 Å². The smallest absolute Gasteiger partial charge is 0.0648 e. The fourth-order valence-electron chi connectivity index (χ4n) is 10.8. The minimum atomic E-state index is -0.347. The van der Waals surface area contributed by atoms with Crippen molar-refractivity contribution in [2.75, 3.05) is 41.0 Å². The Bertz CT molecular complexity index is 721. The van der Waals surface area contributed by atoms with Gasteiger partial charge in [-0.1, -0.05) is 6.92 Å². The monoisotopic (exact) mass is 420 g/mol. The summed E-state index contributed by atoms with van der Waals surface area (Å²) in [6, 6.07) is 0.454. The van der Waals surface area contributed by atoms with E-state index in [0.717, 1.165) is 45.4 Å². The van der Waals surface area contributed by atoms with Crippen LogP contribution >= 0.6 is 0 Å². The molecule has 1 heterocycles. The molecule has 0 aromatic rings. The van der Waals surface area contributed by atoms with Crippen molar-refractivity contribution in [2.45, 2.75) is 68.9 Å². The standard InChI is InChI=1S/C24H40N2O4/c1-5-26-11-22(12-28-2)7-6-18(30-4)24-14-8-13-16(29-3)10-23(25,19(14)20(13)27)15(21(24)26)9-17(22)24/h13-21,27H,5-12,25H2,1-4H3/t13-,14-,15+,16+,17-,18+,19-,20+,21?,22+,23+,24-/m1/s1. The second-order valence-electron chi connectivity index (χ2n) is 11.6. The molecule has 6 heteroatoms. The van der Waals surface area contributed by atoms with Crippen LogP contribution in [0, 0.1) is 40.4 Å². The molecule has 5 saturated carbocycles. The molecule has 6 aliphatic rings. The molecule has 6 fully saturated rings. The molecule has 12 atom stereocenters. The lowest BCUT2D eigenvalue weighted by atomic mass is 9.43. The third kappa shape index (κ3) is 2.00. The summed E-state index contributed by atoms with van der Waals surface area (Å²) in [7, 11) is 5.59. The van der Waals surface area contributed by atoms with Gasteiger partial charge in [-0.2, -0.15) is 0 Å². The molecule has 170 valence electrons. The Hall–Kier alpha value is -0.240. The number of fused-ring (bicyclic) bond motifs is 2. The summed E-state index contributed by atoms with van der Waals surface area (Å²) in [5.74, 6) is 1.76. The van der Waals surface area contributed by atoms with E-state index in [-0.39, 0.29) is 46.5 Å². The van der Waals surface area contributed by atoms with Crippen LogP contribution in [-0.2, 0) is 14.2 Å². The molecule has 1 spiro atoms. The molecular weight excluding hydrogens is 380 g/mol. The van der Waals surface area contributed by atoms with Gasteiger partial charge in [0.05, 0.1) is 24.9 Å². The van der Waals surface area contributed by atoms with Crippen LogP contribution in [0.1, 0.15) is 39.0 Å². The van der Waals surface area contributed by atoms with Gasteiger partial charge in [0, 0.05) is 62.1 Å². The van der Waals surface area contributed by atoms with Crippen molar-refractivity contribution in [1.29, 1.82) is 0 Å². The number of nitrogens with two attached hydrogens (primary N) is 1. The first-order valence-electron chi connectivity index (χ1n) is 12.2. The Morgan fingerprint density at radius 1 is 1.13 bits per heavy atom. The number of methoxy groups -OCH3 is 3. The molecule has 30 heavy (non-hydrogen) atoms. The van der Waals surface area contributed by atoms with Crippen molar-refractivity contribution in [1.82, 2.24) is 4.90 Å². The third-order valence-electron chi connectivity index (χ3n) is 11.3. The summed E-state index contributed by atoms with van der Waals surface area (Å²) in [5.41, 5.74) is 7.35. The summed E-state index contributed by atoms with van der Waals surface area (Å²) >= 11 is 0. The van der Waals surface area contributed by atoms with E-state index >= 15 is 0 Å². The van der Waals surface area contributed by atoms with Crippen molar-refractivity contribution in [3.8, 4) is 0 Å². The van der Waals surface area contributed by atoms with E-state index in [1.54, 1.807) is 7.11 Å². The summed E-state index contributed by atoms with van der Waals surface area (Å²) in [6.07, 6.45) is 5.33. The number of likely N-dealkylation sites (tertiary alicyclic amines) is 1. The predicted octanol–water partition coefficient (Wildman–Crippen LogP) is 1.50. The first kappa shape index (κ1) is 20.4.